The zero-order chi connectivity index (χ0) is 24.4. The van der Waals surface area contributed by atoms with Crippen molar-refractivity contribution in [1.82, 2.24) is 10.2 Å². The minimum atomic E-state index is -0.517. The van der Waals surface area contributed by atoms with Gasteiger partial charge in [-0.15, -0.1) is 0 Å². The van der Waals surface area contributed by atoms with Gasteiger partial charge in [0.25, 0.3) is 0 Å². The summed E-state index contributed by atoms with van der Waals surface area (Å²) < 4.78 is 10.7. The first-order chi connectivity index (χ1) is 15.8. The topological polar surface area (TPSA) is 67.9 Å². The minimum absolute atomic E-state index is 0.0424. The molecule has 1 N–H and O–H groups in total. The minimum Gasteiger partial charge on any atom is -0.493 e. The third-order valence-electron chi connectivity index (χ3n) is 6.06. The monoisotopic (exact) mass is 454 g/mol. The van der Waals surface area contributed by atoms with Gasteiger partial charge in [0.15, 0.2) is 11.5 Å². The van der Waals surface area contributed by atoms with Crippen LogP contribution in [0.4, 0.5) is 0 Å². The Balaban J connectivity index is 2.25. The van der Waals surface area contributed by atoms with Gasteiger partial charge in [0, 0.05) is 19.0 Å². The molecule has 180 valence electrons. The third-order valence-corrected chi connectivity index (χ3v) is 6.06. The lowest BCUT2D eigenvalue weighted by Crippen LogP contribution is -2.50. The molecule has 0 aliphatic carbocycles. The fraction of sp³-hybridized carbons (Fsp3) is 0.481. The number of aryl methyl sites for hydroxylation is 2. The fourth-order valence-electron chi connectivity index (χ4n) is 3.76. The Morgan fingerprint density at radius 2 is 1.70 bits per heavy atom. The van der Waals surface area contributed by atoms with Crippen molar-refractivity contribution in [2.24, 2.45) is 0 Å². The summed E-state index contributed by atoms with van der Waals surface area (Å²) in [5, 5.41) is 3.05. The van der Waals surface area contributed by atoms with Crippen LogP contribution in [0.25, 0.3) is 0 Å². The van der Waals surface area contributed by atoms with Crippen LogP contribution in [0.3, 0.4) is 0 Å². The molecule has 0 bridgehead atoms. The average Bonchev–Trinajstić information content (AvgIpc) is 2.83. The van der Waals surface area contributed by atoms with Gasteiger partial charge in [-0.3, -0.25) is 9.59 Å². The molecule has 0 saturated carbocycles. The summed E-state index contributed by atoms with van der Waals surface area (Å²) in [6, 6.07) is 13.2. The highest BCUT2D eigenvalue weighted by molar-refractivity contribution is 5.88. The molecule has 0 fully saturated rings. The van der Waals surface area contributed by atoms with Gasteiger partial charge < -0.3 is 19.7 Å². The lowest BCUT2D eigenvalue weighted by Gasteiger charge is -2.32. The molecule has 0 spiro atoms. The Kier molecular flexibility index (Phi) is 10.2. The molecular formula is C27H38N2O4. The first kappa shape index (κ1) is 26.2. The van der Waals surface area contributed by atoms with Crippen molar-refractivity contribution in [2.75, 3.05) is 14.2 Å². The molecule has 0 saturated heterocycles. The van der Waals surface area contributed by atoms with E-state index in [9.17, 15) is 9.59 Å². The van der Waals surface area contributed by atoms with E-state index in [0.29, 0.717) is 37.3 Å². The molecule has 0 aromatic heterocycles. The van der Waals surface area contributed by atoms with Gasteiger partial charge in [-0.2, -0.15) is 0 Å². The molecule has 0 heterocycles. The molecule has 2 amide bonds. The number of hydrogen-bond acceptors (Lipinski definition) is 4. The van der Waals surface area contributed by atoms with Gasteiger partial charge in [0.1, 0.15) is 6.04 Å². The number of amides is 2. The summed E-state index contributed by atoms with van der Waals surface area (Å²) in [5.41, 5.74) is 3.13. The molecule has 2 atom stereocenters. The van der Waals surface area contributed by atoms with Crippen molar-refractivity contribution in [3.05, 3.63) is 59.2 Å². The Hall–Kier alpha value is -3.02. The van der Waals surface area contributed by atoms with E-state index in [1.54, 1.807) is 19.1 Å². The molecule has 6 heteroatoms. The van der Waals surface area contributed by atoms with Crippen molar-refractivity contribution in [3.63, 3.8) is 0 Å². The number of rotatable bonds is 12. The SMILES string of the molecule is CC[C@@H](C)NC(=O)[C@H](CC)N(Cc1ccccc1C)C(=O)CCc1ccc(OC)c(OC)c1. The summed E-state index contributed by atoms with van der Waals surface area (Å²) >= 11 is 0. The second-order valence-electron chi connectivity index (χ2n) is 8.38. The van der Waals surface area contributed by atoms with Gasteiger partial charge >= 0.3 is 0 Å². The second kappa shape index (κ2) is 12.9. The van der Waals surface area contributed by atoms with Crippen LogP contribution in [-0.4, -0.2) is 43.0 Å². The van der Waals surface area contributed by atoms with Crippen LogP contribution in [0.15, 0.2) is 42.5 Å². The van der Waals surface area contributed by atoms with Crippen LogP contribution >= 0.6 is 0 Å². The molecular weight excluding hydrogens is 416 g/mol. The summed E-state index contributed by atoms with van der Waals surface area (Å²) in [4.78, 5) is 28.3. The van der Waals surface area contributed by atoms with Crippen LogP contribution in [-0.2, 0) is 22.6 Å². The first-order valence-electron chi connectivity index (χ1n) is 11.7. The summed E-state index contributed by atoms with van der Waals surface area (Å²) in [6.07, 6.45) is 2.24. The Morgan fingerprint density at radius 3 is 2.30 bits per heavy atom. The average molecular weight is 455 g/mol. The van der Waals surface area contributed by atoms with E-state index in [2.05, 4.69) is 5.32 Å². The Bertz CT molecular complexity index is 928. The van der Waals surface area contributed by atoms with Crippen molar-refractivity contribution < 1.29 is 19.1 Å². The van der Waals surface area contributed by atoms with Crippen LogP contribution in [0.5, 0.6) is 11.5 Å². The zero-order valence-corrected chi connectivity index (χ0v) is 20.8. The Labute approximate surface area is 198 Å². The highest BCUT2D eigenvalue weighted by Gasteiger charge is 2.29. The number of ether oxygens (including phenoxy) is 2. The quantitative estimate of drug-likeness (QED) is 0.506. The van der Waals surface area contributed by atoms with Crippen LogP contribution in [0, 0.1) is 6.92 Å². The van der Waals surface area contributed by atoms with E-state index in [1.165, 1.54) is 0 Å². The van der Waals surface area contributed by atoms with E-state index in [4.69, 9.17) is 9.47 Å². The number of nitrogens with one attached hydrogen (secondary N) is 1. The molecule has 2 aromatic rings. The lowest BCUT2D eigenvalue weighted by molar-refractivity contribution is -0.141. The number of carbonyl (C=O) groups is 2. The molecule has 2 rings (SSSR count). The predicted octanol–water partition coefficient (Wildman–Crippen LogP) is 4.67. The molecule has 2 aromatic carbocycles. The van der Waals surface area contributed by atoms with Crippen LogP contribution in [0.1, 0.15) is 56.7 Å². The van der Waals surface area contributed by atoms with Crippen molar-refractivity contribution >= 4 is 11.8 Å². The summed E-state index contributed by atoms with van der Waals surface area (Å²) in [5.74, 6) is 1.15. The number of hydrogen-bond donors (Lipinski definition) is 1. The Morgan fingerprint density at radius 1 is 1.00 bits per heavy atom. The van der Waals surface area contributed by atoms with Crippen LogP contribution < -0.4 is 14.8 Å². The summed E-state index contributed by atoms with van der Waals surface area (Å²) in [7, 11) is 3.19. The number of benzene rings is 2. The first-order valence-corrected chi connectivity index (χ1v) is 11.7. The molecule has 0 aliphatic heterocycles. The van der Waals surface area contributed by atoms with Gasteiger partial charge in [-0.05, 0) is 61.9 Å². The van der Waals surface area contributed by atoms with E-state index >= 15 is 0 Å². The van der Waals surface area contributed by atoms with Crippen molar-refractivity contribution in [2.45, 2.75) is 72.0 Å². The van der Waals surface area contributed by atoms with Gasteiger partial charge in [0.2, 0.25) is 11.8 Å². The molecule has 33 heavy (non-hydrogen) atoms. The fourth-order valence-corrected chi connectivity index (χ4v) is 3.76. The van der Waals surface area contributed by atoms with Crippen LogP contribution in [0.2, 0.25) is 0 Å². The summed E-state index contributed by atoms with van der Waals surface area (Å²) in [6.45, 7) is 8.40. The highest BCUT2D eigenvalue weighted by Crippen LogP contribution is 2.28. The predicted molar refractivity (Wildman–Crippen MR) is 132 cm³/mol. The number of methoxy groups -OCH3 is 2. The molecule has 0 radical (unpaired) electrons. The number of nitrogens with zero attached hydrogens (tertiary/aromatic N) is 1. The van der Waals surface area contributed by atoms with Crippen molar-refractivity contribution in [3.8, 4) is 11.5 Å². The standard InChI is InChI=1S/C27H38N2O4/c1-7-20(4)28-27(31)23(8-2)29(18-22-12-10-9-11-19(22)3)26(30)16-14-21-13-15-24(32-5)25(17-21)33-6/h9-13,15,17,20,23H,7-8,14,16,18H2,1-6H3,(H,28,31)/t20-,23+/m1/s1. The smallest absolute Gasteiger partial charge is 0.243 e. The van der Waals surface area contributed by atoms with E-state index in [-0.39, 0.29) is 17.9 Å². The van der Waals surface area contributed by atoms with E-state index < -0.39 is 6.04 Å². The zero-order valence-electron chi connectivity index (χ0n) is 20.8. The lowest BCUT2D eigenvalue weighted by atomic mass is 10.0. The van der Waals surface area contributed by atoms with Gasteiger partial charge in [-0.1, -0.05) is 44.2 Å². The molecule has 6 nitrogen and oxygen atoms in total. The third kappa shape index (κ3) is 7.24. The van der Waals surface area contributed by atoms with Crippen molar-refractivity contribution in [1.29, 1.82) is 0 Å². The second-order valence-corrected chi connectivity index (χ2v) is 8.38. The number of carbonyl (C=O) groups excluding carboxylic acids is 2. The normalized spacial score (nSPS) is 12.5. The van der Waals surface area contributed by atoms with Gasteiger partial charge in [0.05, 0.1) is 14.2 Å². The van der Waals surface area contributed by atoms with E-state index in [0.717, 1.165) is 23.1 Å². The molecule has 0 aliphatic rings. The maximum atomic E-state index is 13.5. The largest absolute Gasteiger partial charge is 0.493 e. The highest BCUT2D eigenvalue weighted by atomic mass is 16.5. The van der Waals surface area contributed by atoms with E-state index in [1.807, 2.05) is 70.2 Å². The van der Waals surface area contributed by atoms with Gasteiger partial charge in [-0.25, -0.2) is 0 Å². The molecule has 0 unspecified atom stereocenters. The maximum Gasteiger partial charge on any atom is 0.243 e. The maximum absolute atomic E-state index is 13.5.